The number of ether oxygens (including phenoxy) is 1. The predicted molar refractivity (Wildman–Crippen MR) is 117 cm³/mol. The molecule has 0 aliphatic carbocycles. The molecule has 1 fully saturated rings. The molecule has 1 amide bonds. The van der Waals surface area contributed by atoms with Gasteiger partial charge in [0.15, 0.2) is 5.17 Å². The van der Waals surface area contributed by atoms with Gasteiger partial charge < -0.3 is 4.74 Å². The highest BCUT2D eigenvalue weighted by molar-refractivity contribution is 9.10. The third kappa shape index (κ3) is 4.16. The average Bonchev–Trinajstić information content (AvgIpc) is 2.72. The first kappa shape index (κ1) is 19.9. The number of amidine groups is 1. The van der Waals surface area contributed by atoms with Crippen molar-refractivity contribution >= 4 is 44.7 Å². The van der Waals surface area contributed by atoms with Gasteiger partial charge in [0.1, 0.15) is 6.61 Å². The molecule has 148 valence electrons. The van der Waals surface area contributed by atoms with E-state index in [0.29, 0.717) is 28.6 Å². The average molecular weight is 471 g/mol. The highest BCUT2D eigenvalue weighted by Gasteiger charge is 2.41. The van der Waals surface area contributed by atoms with E-state index in [-0.39, 0.29) is 12.5 Å². The molecule has 1 saturated heterocycles. The summed E-state index contributed by atoms with van der Waals surface area (Å²) in [6.07, 6.45) is 0.419. The Morgan fingerprint density at radius 3 is 2.66 bits per heavy atom. The van der Waals surface area contributed by atoms with Crippen molar-refractivity contribution in [3.05, 3.63) is 81.5 Å². The van der Waals surface area contributed by atoms with E-state index in [1.165, 1.54) is 11.8 Å². The van der Waals surface area contributed by atoms with Crippen molar-refractivity contribution < 1.29 is 14.3 Å². The first-order chi connectivity index (χ1) is 14.0. The molecule has 29 heavy (non-hydrogen) atoms. The third-order valence-electron chi connectivity index (χ3n) is 4.83. The molecule has 0 aromatic heterocycles. The van der Waals surface area contributed by atoms with E-state index >= 15 is 0 Å². The second-order valence-corrected chi connectivity index (χ2v) is 8.75. The van der Waals surface area contributed by atoms with Gasteiger partial charge in [-0.2, -0.15) is 0 Å². The van der Waals surface area contributed by atoms with Gasteiger partial charge in [-0.25, -0.2) is 9.79 Å². The molecule has 4 rings (SSSR count). The first-order valence-corrected chi connectivity index (χ1v) is 11.0. The molecule has 2 aromatic carbocycles. The molecule has 5 nitrogen and oxygen atoms in total. The Morgan fingerprint density at radius 1 is 1.21 bits per heavy atom. The van der Waals surface area contributed by atoms with Crippen LogP contribution in [0.5, 0.6) is 0 Å². The minimum absolute atomic E-state index is 0.0312. The number of amides is 1. The number of benzene rings is 2. The summed E-state index contributed by atoms with van der Waals surface area (Å²) < 4.78 is 6.54. The standard InChI is InChI=1S/C22H19BrN2O3S/c1-14-19(21(27)28-13-15-5-3-2-4-6-15)20(16-7-9-17(23)10-8-16)25-18(26)11-12-29-22(25)24-14/h2-10,20H,11-13H2,1H3/t20-/m1/s1. The fraction of sp³-hybridized carbons (Fsp3) is 0.227. The van der Waals surface area contributed by atoms with Crippen LogP contribution in [-0.2, 0) is 20.9 Å². The highest BCUT2D eigenvalue weighted by Crippen LogP contribution is 2.40. The Bertz CT molecular complexity index is 1000. The number of hydrogen-bond donors (Lipinski definition) is 0. The van der Waals surface area contributed by atoms with Crippen molar-refractivity contribution in [1.29, 1.82) is 0 Å². The Hall–Kier alpha value is -2.38. The molecule has 1 atom stereocenters. The van der Waals surface area contributed by atoms with Crippen molar-refractivity contribution in [1.82, 2.24) is 4.90 Å². The molecular weight excluding hydrogens is 452 g/mol. The molecule has 2 aliphatic heterocycles. The number of thioether (sulfide) groups is 1. The van der Waals surface area contributed by atoms with Gasteiger partial charge in [0, 0.05) is 16.6 Å². The first-order valence-electron chi connectivity index (χ1n) is 9.25. The van der Waals surface area contributed by atoms with E-state index in [0.717, 1.165) is 15.6 Å². The molecule has 2 aliphatic rings. The van der Waals surface area contributed by atoms with Crippen LogP contribution in [0.2, 0.25) is 0 Å². The fourth-order valence-electron chi connectivity index (χ4n) is 3.42. The van der Waals surface area contributed by atoms with E-state index in [1.54, 1.807) is 11.8 Å². The molecule has 0 unspecified atom stereocenters. The van der Waals surface area contributed by atoms with Crippen LogP contribution in [0, 0.1) is 0 Å². The number of fused-ring (bicyclic) bond motifs is 1. The van der Waals surface area contributed by atoms with Gasteiger partial charge in [0.2, 0.25) is 5.91 Å². The number of halogens is 1. The zero-order valence-electron chi connectivity index (χ0n) is 15.8. The maximum Gasteiger partial charge on any atom is 0.338 e. The molecule has 0 bridgehead atoms. The third-order valence-corrected chi connectivity index (χ3v) is 6.31. The van der Waals surface area contributed by atoms with E-state index < -0.39 is 12.0 Å². The van der Waals surface area contributed by atoms with E-state index in [2.05, 4.69) is 20.9 Å². The minimum Gasteiger partial charge on any atom is -0.457 e. The van der Waals surface area contributed by atoms with Crippen molar-refractivity contribution in [2.24, 2.45) is 4.99 Å². The number of aliphatic imine (C=N–C) groups is 1. The molecular formula is C22H19BrN2O3S. The van der Waals surface area contributed by atoms with Gasteiger partial charge in [0.25, 0.3) is 0 Å². The van der Waals surface area contributed by atoms with Gasteiger partial charge >= 0.3 is 5.97 Å². The van der Waals surface area contributed by atoms with Gasteiger partial charge in [-0.1, -0.05) is 70.2 Å². The molecule has 2 heterocycles. The summed E-state index contributed by atoms with van der Waals surface area (Å²) in [6, 6.07) is 16.6. The zero-order chi connectivity index (χ0) is 20.4. The summed E-state index contributed by atoms with van der Waals surface area (Å²) in [6.45, 7) is 1.97. The Balaban J connectivity index is 1.71. The molecule has 0 saturated carbocycles. The number of carbonyl (C=O) groups is 2. The number of carbonyl (C=O) groups excluding carboxylic acids is 2. The van der Waals surface area contributed by atoms with Crippen LogP contribution in [0.15, 0.2) is 75.3 Å². The van der Waals surface area contributed by atoms with Crippen LogP contribution < -0.4 is 0 Å². The summed E-state index contributed by atoms with van der Waals surface area (Å²) >= 11 is 4.98. The number of hydrogen-bond acceptors (Lipinski definition) is 5. The van der Waals surface area contributed by atoms with Crippen molar-refractivity contribution in [3.63, 3.8) is 0 Å². The molecule has 0 radical (unpaired) electrons. The fourth-order valence-corrected chi connectivity index (χ4v) is 4.69. The Labute approximate surface area is 182 Å². The van der Waals surface area contributed by atoms with E-state index in [9.17, 15) is 9.59 Å². The van der Waals surface area contributed by atoms with Crippen molar-refractivity contribution in [2.75, 3.05) is 5.75 Å². The highest BCUT2D eigenvalue weighted by atomic mass is 79.9. The lowest BCUT2D eigenvalue weighted by Crippen LogP contribution is -2.45. The minimum atomic E-state index is -0.542. The van der Waals surface area contributed by atoms with E-state index in [1.807, 2.05) is 54.6 Å². The maximum atomic E-state index is 13.1. The smallest absolute Gasteiger partial charge is 0.338 e. The van der Waals surface area contributed by atoms with Gasteiger partial charge in [-0.15, -0.1) is 0 Å². The largest absolute Gasteiger partial charge is 0.457 e. The second-order valence-electron chi connectivity index (χ2n) is 6.77. The number of allylic oxidation sites excluding steroid dienone is 1. The SMILES string of the molecule is CC1=C(C(=O)OCc2ccccc2)[C@@H](c2ccc(Br)cc2)N2C(=O)CCSC2=N1. The maximum absolute atomic E-state index is 13.1. The number of nitrogens with zero attached hydrogens (tertiary/aromatic N) is 2. The van der Waals surface area contributed by atoms with Crippen LogP contribution in [0.25, 0.3) is 0 Å². The molecule has 2 aromatic rings. The summed E-state index contributed by atoms with van der Waals surface area (Å²) in [5.41, 5.74) is 2.75. The van der Waals surface area contributed by atoms with Crippen molar-refractivity contribution in [3.8, 4) is 0 Å². The summed E-state index contributed by atoms with van der Waals surface area (Å²) in [4.78, 5) is 32.1. The number of esters is 1. The predicted octanol–water partition coefficient (Wildman–Crippen LogP) is 4.84. The second kappa shape index (κ2) is 8.55. The summed E-state index contributed by atoms with van der Waals surface area (Å²) in [5.74, 6) is 0.212. The van der Waals surface area contributed by atoms with Gasteiger partial charge in [0.05, 0.1) is 17.3 Å². The van der Waals surface area contributed by atoms with Crippen LogP contribution in [0.3, 0.4) is 0 Å². The lowest BCUT2D eigenvalue weighted by Gasteiger charge is -2.38. The lowest BCUT2D eigenvalue weighted by atomic mass is 9.94. The number of rotatable bonds is 4. The Kier molecular flexibility index (Phi) is 5.87. The van der Waals surface area contributed by atoms with Crippen LogP contribution in [-0.4, -0.2) is 27.7 Å². The molecule has 0 spiro atoms. The summed E-state index contributed by atoms with van der Waals surface area (Å²) in [7, 11) is 0. The van der Waals surface area contributed by atoms with E-state index in [4.69, 9.17) is 4.74 Å². The van der Waals surface area contributed by atoms with Crippen LogP contribution in [0.4, 0.5) is 0 Å². The van der Waals surface area contributed by atoms with Crippen LogP contribution in [0.1, 0.15) is 30.5 Å². The van der Waals surface area contributed by atoms with Gasteiger partial charge in [-0.05, 0) is 30.2 Å². The van der Waals surface area contributed by atoms with Crippen molar-refractivity contribution in [2.45, 2.75) is 26.0 Å². The quantitative estimate of drug-likeness (QED) is 0.599. The van der Waals surface area contributed by atoms with Crippen LogP contribution >= 0.6 is 27.7 Å². The Morgan fingerprint density at radius 2 is 1.93 bits per heavy atom. The molecule has 7 heteroatoms. The van der Waals surface area contributed by atoms with Gasteiger partial charge in [-0.3, -0.25) is 9.69 Å². The zero-order valence-corrected chi connectivity index (χ0v) is 18.2. The lowest BCUT2D eigenvalue weighted by molar-refractivity contribution is -0.141. The normalized spacial score (nSPS) is 19.0. The summed E-state index contributed by atoms with van der Waals surface area (Å²) in [5, 5.41) is 0.645. The molecule has 0 N–H and O–H groups in total. The monoisotopic (exact) mass is 470 g/mol. The topological polar surface area (TPSA) is 59.0 Å².